The zero-order valence-corrected chi connectivity index (χ0v) is 18.7. The number of hydrogen-bond donors (Lipinski definition) is 5. The number of aromatic nitrogens is 2. The number of hydrogen-bond acceptors (Lipinski definition) is 8. The molecule has 0 saturated carbocycles. The number of para-hydroxylation sites is 1. The molecule has 3 aromatic rings. The van der Waals surface area contributed by atoms with E-state index in [1.807, 2.05) is 0 Å². The first-order valence-corrected chi connectivity index (χ1v) is 10.7. The average Bonchev–Trinajstić information content (AvgIpc) is 3.34. The van der Waals surface area contributed by atoms with E-state index in [9.17, 15) is 19.5 Å². The van der Waals surface area contributed by atoms with Gasteiger partial charge in [0.25, 0.3) is 5.91 Å². The van der Waals surface area contributed by atoms with E-state index >= 15 is 0 Å². The van der Waals surface area contributed by atoms with Crippen LogP contribution < -0.4 is 22.1 Å². The van der Waals surface area contributed by atoms with E-state index in [0.29, 0.717) is 16.8 Å². The van der Waals surface area contributed by atoms with Crippen LogP contribution in [-0.2, 0) is 0 Å². The molecule has 176 valence electrons. The van der Waals surface area contributed by atoms with Crippen LogP contribution in [0.5, 0.6) is 5.75 Å². The Morgan fingerprint density at radius 3 is 2.41 bits per heavy atom. The van der Waals surface area contributed by atoms with Crippen molar-refractivity contribution in [3.8, 4) is 5.75 Å². The molecular formula is C23H23ClN6O4. The van der Waals surface area contributed by atoms with Gasteiger partial charge in [0.15, 0.2) is 5.78 Å². The van der Waals surface area contributed by atoms with E-state index in [1.54, 1.807) is 12.1 Å². The normalized spacial score (nSPS) is 14.6. The minimum absolute atomic E-state index is 0.110. The van der Waals surface area contributed by atoms with Crippen LogP contribution in [0.4, 0.5) is 5.95 Å². The van der Waals surface area contributed by atoms with Gasteiger partial charge in [0, 0.05) is 29.9 Å². The number of nitrogen functional groups attached to an aromatic ring is 1. The van der Waals surface area contributed by atoms with Crippen LogP contribution in [0.3, 0.4) is 0 Å². The predicted octanol–water partition coefficient (Wildman–Crippen LogP) is 1.53. The number of carbonyl (C=O) groups is 3. The van der Waals surface area contributed by atoms with Gasteiger partial charge in [0.1, 0.15) is 11.4 Å². The minimum Gasteiger partial charge on any atom is -0.506 e. The van der Waals surface area contributed by atoms with Gasteiger partial charge < -0.3 is 27.2 Å². The van der Waals surface area contributed by atoms with Crippen molar-refractivity contribution in [3.05, 3.63) is 82.1 Å². The summed E-state index contributed by atoms with van der Waals surface area (Å²) in [6, 6.07) is 12.1. The number of rotatable bonds is 5. The molecule has 1 aliphatic rings. The fourth-order valence-electron chi connectivity index (χ4n) is 3.18. The molecule has 1 aliphatic heterocycles. The molecule has 1 atom stereocenters. The van der Waals surface area contributed by atoms with Crippen molar-refractivity contribution in [2.75, 3.05) is 18.8 Å². The number of phenolic OH excluding ortho intramolecular Hbond substituents is 1. The largest absolute Gasteiger partial charge is 0.506 e. The van der Waals surface area contributed by atoms with Gasteiger partial charge in [-0.25, -0.2) is 9.97 Å². The fraction of sp³-hybridized carbons (Fsp3) is 0.174. The lowest BCUT2D eigenvalue weighted by molar-refractivity contribution is 0.0933. The first-order valence-electron chi connectivity index (χ1n) is 10.3. The molecule has 0 spiro atoms. The Bertz CT molecular complexity index is 1200. The summed E-state index contributed by atoms with van der Waals surface area (Å²) in [6.45, 7) is 1.75. The third-order valence-electron chi connectivity index (χ3n) is 4.97. The van der Waals surface area contributed by atoms with Gasteiger partial charge in [-0.1, -0.05) is 29.8 Å². The number of primary amides is 1. The van der Waals surface area contributed by atoms with E-state index in [2.05, 4.69) is 20.6 Å². The number of amides is 2. The molecule has 4 rings (SSSR count). The number of aromatic hydroxyl groups is 1. The fourth-order valence-corrected chi connectivity index (χ4v) is 3.35. The van der Waals surface area contributed by atoms with Crippen LogP contribution in [0.25, 0.3) is 0 Å². The number of benzene rings is 2. The molecule has 0 radical (unpaired) electrons. The van der Waals surface area contributed by atoms with Crippen molar-refractivity contribution < 1.29 is 19.5 Å². The maximum Gasteiger partial charge on any atom is 0.270 e. The van der Waals surface area contributed by atoms with Crippen LogP contribution in [0.15, 0.2) is 54.7 Å². The Morgan fingerprint density at radius 2 is 1.79 bits per heavy atom. The number of anilines is 1. The topological polar surface area (TPSA) is 173 Å². The number of carbonyl (C=O) groups excluding carboxylic acids is 3. The van der Waals surface area contributed by atoms with E-state index in [1.165, 1.54) is 42.6 Å². The van der Waals surface area contributed by atoms with Gasteiger partial charge in [-0.05, 0) is 43.3 Å². The highest BCUT2D eigenvalue weighted by atomic mass is 35.5. The molecule has 7 N–H and O–H groups in total. The van der Waals surface area contributed by atoms with Crippen molar-refractivity contribution in [3.63, 3.8) is 0 Å². The molecule has 0 unspecified atom stereocenters. The number of nitrogens with zero attached hydrogens (tertiary/aromatic N) is 2. The molecule has 11 heteroatoms. The second kappa shape index (κ2) is 11.2. The summed E-state index contributed by atoms with van der Waals surface area (Å²) in [5.74, 6) is -1.28. The van der Waals surface area contributed by atoms with Crippen LogP contribution >= 0.6 is 11.6 Å². The lowest BCUT2D eigenvalue weighted by Crippen LogP contribution is -2.36. The second-order valence-electron chi connectivity index (χ2n) is 7.37. The quantitative estimate of drug-likeness (QED) is 0.340. The van der Waals surface area contributed by atoms with Gasteiger partial charge in [-0.15, -0.1) is 0 Å². The van der Waals surface area contributed by atoms with E-state index < -0.39 is 5.91 Å². The lowest BCUT2D eigenvalue weighted by atomic mass is 10.0. The predicted molar refractivity (Wildman–Crippen MR) is 127 cm³/mol. The Hall–Kier alpha value is -4.02. The Balaban J connectivity index is 0.000000196. The summed E-state index contributed by atoms with van der Waals surface area (Å²) in [4.78, 5) is 42.3. The Kier molecular flexibility index (Phi) is 8.12. The smallest absolute Gasteiger partial charge is 0.270 e. The Labute approximate surface area is 200 Å². The van der Waals surface area contributed by atoms with Crippen molar-refractivity contribution in [2.24, 2.45) is 5.73 Å². The summed E-state index contributed by atoms with van der Waals surface area (Å²) in [7, 11) is 0. The van der Waals surface area contributed by atoms with Gasteiger partial charge in [0.2, 0.25) is 11.9 Å². The second-order valence-corrected chi connectivity index (χ2v) is 7.78. The highest BCUT2D eigenvalue weighted by Gasteiger charge is 2.18. The number of phenols is 1. The molecule has 34 heavy (non-hydrogen) atoms. The first-order chi connectivity index (χ1) is 16.3. The van der Waals surface area contributed by atoms with Crippen molar-refractivity contribution in [1.29, 1.82) is 0 Å². The number of halogens is 1. The molecule has 0 aliphatic carbocycles. The zero-order valence-electron chi connectivity index (χ0n) is 18.0. The number of nitrogens with two attached hydrogens (primary N) is 2. The molecule has 0 bridgehead atoms. The SMILES string of the molecule is NC(=O)c1ccc(C(=O)c2cccc(Cl)c2O)cc1.Nc1nccc(C(=O)N[C@H]2CCNC2)n1. The third kappa shape index (κ3) is 6.27. The standard InChI is InChI=1S/C14H10ClNO3.C9H13N5O/c15-11-3-1-2-10(13(11)18)12(17)8-4-6-9(7-5-8)14(16)19;10-9-12-4-2-7(14-9)8(15)13-6-1-3-11-5-6/h1-7,18H,(H2,16,19);2,4,6,11H,1,3,5H2,(H,13,15)(H2,10,12,14)/t;6-/m.0/s1. The molecule has 2 aromatic carbocycles. The summed E-state index contributed by atoms with van der Waals surface area (Å²) in [6.07, 6.45) is 2.43. The number of ketones is 1. The van der Waals surface area contributed by atoms with Crippen LogP contribution in [0.2, 0.25) is 5.02 Å². The Morgan fingerprint density at radius 1 is 1.09 bits per heavy atom. The molecule has 1 saturated heterocycles. The van der Waals surface area contributed by atoms with Crippen molar-refractivity contribution >= 4 is 35.1 Å². The maximum absolute atomic E-state index is 12.2. The summed E-state index contributed by atoms with van der Waals surface area (Å²) < 4.78 is 0. The van der Waals surface area contributed by atoms with Gasteiger partial charge in [-0.2, -0.15) is 0 Å². The third-order valence-corrected chi connectivity index (χ3v) is 5.27. The van der Waals surface area contributed by atoms with Gasteiger partial charge >= 0.3 is 0 Å². The van der Waals surface area contributed by atoms with E-state index in [-0.39, 0.29) is 40.0 Å². The number of nitrogens with one attached hydrogen (secondary N) is 2. The lowest BCUT2D eigenvalue weighted by Gasteiger charge is -2.10. The van der Waals surface area contributed by atoms with Crippen LogP contribution in [0, 0.1) is 0 Å². The monoisotopic (exact) mass is 482 g/mol. The van der Waals surface area contributed by atoms with Crippen LogP contribution in [-0.4, -0.2) is 51.8 Å². The maximum atomic E-state index is 12.2. The highest BCUT2D eigenvalue weighted by Crippen LogP contribution is 2.28. The van der Waals surface area contributed by atoms with Crippen molar-refractivity contribution in [1.82, 2.24) is 20.6 Å². The molecule has 1 fully saturated rings. The van der Waals surface area contributed by atoms with Gasteiger partial charge in [-0.3, -0.25) is 14.4 Å². The molecular weight excluding hydrogens is 460 g/mol. The molecule has 2 heterocycles. The van der Waals surface area contributed by atoms with Crippen LogP contribution in [0.1, 0.15) is 43.2 Å². The van der Waals surface area contributed by atoms with Crippen molar-refractivity contribution in [2.45, 2.75) is 12.5 Å². The highest BCUT2D eigenvalue weighted by molar-refractivity contribution is 6.33. The minimum atomic E-state index is -0.565. The van der Waals surface area contributed by atoms with Gasteiger partial charge in [0.05, 0.1) is 10.6 Å². The van der Waals surface area contributed by atoms with E-state index in [0.717, 1.165) is 19.5 Å². The zero-order chi connectivity index (χ0) is 24.7. The molecule has 2 amide bonds. The van der Waals surface area contributed by atoms with E-state index in [4.69, 9.17) is 23.1 Å². The average molecular weight is 483 g/mol. The summed E-state index contributed by atoms with van der Waals surface area (Å²) >= 11 is 5.75. The summed E-state index contributed by atoms with van der Waals surface area (Å²) in [5.41, 5.74) is 11.6. The first kappa shape index (κ1) is 24.6. The summed E-state index contributed by atoms with van der Waals surface area (Å²) in [5, 5.41) is 15.9. The molecule has 1 aromatic heterocycles. The molecule has 10 nitrogen and oxygen atoms in total.